The van der Waals surface area contributed by atoms with Crippen molar-refractivity contribution in [2.45, 2.75) is 66.7 Å². The smallest absolute Gasteiger partial charge is 0.410 e. The number of primary amides is 1. The summed E-state index contributed by atoms with van der Waals surface area (Å²) in [6.07, 6.45) is 2.71. The molecule has 1 fully saturated rings. The lowest BCUT2D eigenvalue weighted by molar-refractivity contribution is -0.0164. The number of hydrogen-bond acceptors (Lipinski definition) is 5. The van der Waals surface area contributed by atoms with E-state index in [1.807, 2.05) is 31.7 Å². The highest BCUT2D eigenvalue weighted by atomic mass is 16.6. The second kappa shape index (κ2) is 13.6. The Morgan fingerprint density at radius 2 is 1.41 bits per heavy atom. The van der Waals surface area contributed by atoms with Gasteiger partial charge >= 0.3 is 6.09 Å². The molecule has 0 atom stereocenters. The van der Waals surface area contributed by atoms with Crippen LogP contribution in [0.4, 0.5) is 4.79 Å². The van der Waals surface area contributed by atoms with E-state index in [0.717, 1.165) is 54.9 Å². The van der Waals surface area contributed by atoms with Crippen LogP contribution in [-0.4, -0.2) is 67.9 Å². The Bertz CT molecular complexity index is 1940. The fraction of sp³-hybridized carbons (Fsp3) is 0.375. The van der Waals surface area contributed by atoms with Crippen LogP contribution in [0.1, 0.15) is 68.3 Å². The molecule has 2 N–H and O–H groups in total. The zero-order chi connectivity index (χ0) is 34.9. The van der Waals surface area contributed by atoms with E-state index in [1.165, 1.54) is 22.3 Å². The maximum absolute atomic E-state index is 12.8. The summed E-state index contributed by atoms with van der Waals surface area (Å²) in [5.41, 5.74) is 13.0. The van der Waals surface area contributed by atoms with Crippen molar-refractivity contribution in [3.63, 3.8) is 0 Å². The van der Waals surface area contributed by atoms with Gasteiger partial charge in [-0.05, 0) is 85.2 Å². The molecule has 1 aliphatic rings. The number of aryl methyl sites for hydroxylation is 1. The highest BCUT2D eigenvalue weighted by molar-refractivity contribution is 5.91. The summed E-state index contributed by atoms with van der Waals surface area (Å²) in [6.45, 7) is 17.1. The highest BCUT2D eigenvalue weighted by Gasteiger charge is 2.32. The average Bonchev–Trinajstić information content (AvgIpc) is 3.63. The van der Waals surface area contributed by atoms with Crippen LogP contribution in [0.15, 0.2) is 85.1 Å². The summed E-state index contributed by atoms with van der Waals surface area (Å²) >= 11 is 0. The summed E-state index contributed by atoms with van der Waals surface area (Å²) in [5, 5.41) is 5.47. The van der Waals surface area contributed by atoms with Crippen molar-refractivity contribution in [3.8, 4) is 16.8 Å². The van der Waals surface area contributed by atoms with Crippen LogP contribution in [-0.2, 0) is 17.8 Å². The van der Waals surface area contributed by atoms with E-state index in [-0.39, 0.29) is 17.2 Å². The summed E-state index contributed by atoms with van der Waals surface area (Å²) < 4.78 is 9.88. The number of hydrogen-bond donors (Lipinski definition) is 1. The lowest BCUT2D eigenvalue weighted by Crippen LogP contribution is -2.50. The SMILES string of the molecule is Cc1cc(C(N)=O)nn1-c1ccc2c(ccn2Cc2ccc(-c3ccc(CN4CCN(C(=O)OC(C)(C)CC(C)(C)C)CC4)cc3)cc2)c1. The van der Waals surface area contributed by atoms with Crippen molar-refractivity contribution in [1.82, 2.24) is 24.1 Å². The van der Waals surface area contributed by atoms with Crippen LogP contribution < -0.4 is 5.73 Å². The summed E-state index contributed by atoms with van der Waals surface area (Å²) in [6, 6.07) is 27.6. The fourth-order valence-electron chi connectivity index (χ4n) is 7.08. The Morgan fingerprint density at radius 3 is 1.98 bits per heavy atom. The van der Waals surface area contributed by atoms with Gasteiger partial charge in [0.1, 0.15) is 5.60 Å². The van der Waals surface area contributed by atoms with Crippen molar-refractivity contribution >= 4 is 22.9 Å². The van der Waals surface area contributed by atoms with Gasteiger partial charge in [-0.3, -0.25) is 9.69 Å². The Morgan fingerprint density at radius 1 is 0.796 bits per heavy atom. The van der Waals surface area contributed by atoms with Gasteiger partial charge in [-0.25, -0.2) is 9.48 Å². The van der Waals surface area contributed by atoms with Crippen molar-refractivity contribution < 1.29 is 14.3 Å². The number of amides is 2. The molecule has 0 radical (unpaired) electrons. The normalized spacial score (nSPS) is 14.4. The molecule has 3 heterocycles. The molecule has 2 aromatic heterocycles. The van der Waals surface area contributed by atoms with Gasteiger partial charge in [0.15, 0.2) is 5.69 Å². The third-order valence-corrected chi connectivity index (χ3v) is 9.09. The van der Waals surface area contributed by atoms with Gasteiger partial charge in [0.2, 0.25) is 0 Å². The van der Waals surface area contributed by atoms with Gasteiger partial charge in [-0.2, -0.15) is 5.10 Å². The number of benzene rings is 3. The first-order chi connectivity index (χ1) is 23.2. The zero-order valence-electron chi connectivity index (χ0n) is 29.6. The predicted octanol–water partition coefficient (Wildman–Crippen LogP) is 7.42. The van der Waals surface area contributed by atoms with E-state index in [0.29, 0.717) is 13.1 Å². The fourth-order valence-corrected chi connectivity index (χ4v) is 7.08. The molecular formula is C40H48N6O3. The summed E-state index contributed by atoms with van der Waals surface area (Å²) in [7, 11) is 0. The van der Waals surface area contributed by atoms with Crippen LogP contribution in [0.25, 0.3) is 27.7 Å². The molecule has 0 aliphatic carbocycles. The molecule has 0 spiro atoms. The Kier molecular flexibility index (Phi) is 9.40. The van der Waals surface area contributed by atoms with E-state index in [4.69, 9.17) is 10.5 Å². The first-order valence-corrected chi connectivity index (χ1v) is 17.1. The minimum atomic E-state index is -0.532. The minimum absolute atomic E-state index is 0.0942. The lowest BCUT2D eigenvalue weighted by Gasteiger charge is -2.37. The van der Waals surface area contributed by atoms with E-state index >= 15 is 0 Å². The molecule has 0 bridgehead atoms. The molecule has 9 heteroatoms. The molecule has 6 rings (SSSR count). The summed E-state index contributed by atoms with van der Waals surface area (Å²) in [4.78, 5) is 28.7. The number of rotatable bonds is 9. The molecule has 5 aromatic rings. The molecule has 256 valence electrons. The number of aromatic nitrogens is 3. The van der Waals surface area contributed by atoms with Gasteiger partial charge in [0, 0.05) is 62.1 Å². The van der Waals surface area contributed by atoms with Gasteiger partial charge < -0.3 is 19.9 Å². The number of ether oxygens (including phenoxy) is 1. The highest BCUT2D eigenvalue weighted by Crippen LogP contribution is 2.30. The van der Waals surface area contributed by atoms with E-state index < -0.39 is 11.5 Å². The Balaban J connectivity index is 1.02. The molecule has 1 saturated heterocycles. The molecule has 3 aromatic carbocycles. The zero-order valence-corrected chi connectivity index (χ0v) is 29.6. The average molecular weight is 661 g/mol. The maximum Gasteiger partial charge on any atom is 0.410 e. The number of fused-ring (bicyclic) bond motifs is 1. The Hall–Kier alpha value is -4.89. The number of nitrogens with two attached hydrogens (primary N) is 1. The first kappa shape index (κ1) is 34.0. The van der Waals surface area contributed by atoms with Crippen LogP contribution in [0.5, 0.6) is 0 Å². The van der Waals surface area contributed by atoms with E-state index in [9.17, 15) is 9.59 Å². The van der Waals surface area contributed by atoms with Crippen molar-refractivity contribution in [1.29, 1.82) is 0 Å². The van der Waals surface area contributed by atoms with Gasteiger partial charge in [-0.15, -0.1) is 0 Å². The quantitative estimate of drug-likeness (QED) is 0.178. The third-order valence-electron chi connectivity index (χ3n) is 9.09. The van der Waals surface area contributed by atoms with Crippen LogP contribution in [0, 0.1) is 12.3 Å². The van der Waals surface area contributed by atoms with Gasteiger partial charge in [0.25, 0.3) is 5.91 Å². The second-order valence-electron chi connectivity index (χ2n) is 15.2. The molecule has 0 saturated carbocycles. The Labute approximate surface area is 289 Å². The first-order valence-electron chi connectivity index (χ1n) is 17.1. The van der Waals surface area contributed by atoms with Gasteiger partial charge in [0.05, 0.1) is 5.69 Å². The van der Waals surface area contributed by atoms with Gasteiger partial charge in [-0.1, -0.05) is 69.3 Å². The molecule has 1 aliphatic heterocycles. The van der Waals surface area contributed by atoms with Crippen molar-refractivity contribution in [2.75, 3.05) is 26.2 Å². The summed E-state index contributed by atoms with van der Waals surface area (Å²) in [5.74, 6) is -0.532. The molecule has 49 heavy (non-hydrogen) atoms. The number of piperazine rings is 1. The lowest BCUT2D eigenvalue weighted by atomic mass is 9.84. The van der Waals surface area contributed by atoms with Crippen molar-refractivity contribution in [2.24, 2.45) is 11.1 Å². The van der Waals surface area contributed by atoms with Crippen molar-refractivity contribution in [3.05, 3.63) is 108 Å². The predicted molar refractivity (Wildman–Crippen MR) is 195 cm³/mol. The van der Waals surface area contributed by atoms with Crippen LogP contribution in [0.3, 0.4) is 0 Å². The number of carbonyl (C=O) groups is 2. The van der Waals surface area contributed by atoms with E-state index in [1.54, 1.807) is 10.7 Å². The largest absolute Gasteiger partial charge is 0.443 e. The topological polar surface area (TPSA) is 98.6 Å². The second-order valence-corrected chi connectivity index (χ2v) is 15.2. The number of nitrogens with zero attached hydrogens (tertiary/aromatic N) is 5. The third kappa shape index (κ3) is 8.23. The maximum atomic E-state index is 12.8. The van der Waals surface area contributed by atoms with Crippen LogP contribution >= 0.6 is 0 Å². The molecule has 9 nitrogen and oxygen atoms in total. The minimum Gasteiger partial charge on any atom is -0.443 e. The molecular weight excluding hydrogens is 612 g/mol. The molecule has 0 unspecified atom stereocenters. The monoisotopic (exact) mass is 660 g/mol. The number of carbonyl (C=O) groups excluding carboxylic acids is 2. The molecule has 2 amide bonds. The van der Waals surface area contributed by atoms with E-state index in [2.05, 4.69) is 108 Å². The van der Waals surface area contributed by atoms with Crippen LogP contribution in [0.2, 0.25) is 0 Å². The standard InChI is InChI=1S/C40H48N6O3/c1-28-23-35(37(41)47)42-46(28)34-15-16-36-33(24-34)17-18-45(36)26-30-9-13-32(14-10-30)31-11-7-29(8-12-31)25-43-19-21-44(22-20-43)38(48)49-40(5,6)27-39(2,3)4/h7-18,23-24H,19-22,25-27H2,1-6H3,(H2,41,47).